The number of carbonyl (C=O) groups is 3. The number of ether oxygens (including phenoxy) is 1. The Bertz CT molecular complexity index is 572. The Morgan fingerprint density at radius 3 is 2.73 bits per heavy atom. The number of aryl methyl sites for hydroxylation is 1. The molecule has 2 rings (SSSR count). The standard InChI is InChI=1S/C10H17NO2S.C9H11NO2/c1-4-10(2,3)8(12)9(13)11-5-6-14-7-11;11-8-12-6-2-4-9-3-1-5-10-7-9/h4-7H2,1-3H3;1,3,5,7-8H,2,4,6H2. The van der Waals surface area contributed by atoms with Crippen LogP contribution in [0.25, 0.3) is 0 Å². The highest BCUT2D eigenvalue weighted by atomic mass is 32.2. The summed E-state index contributed by atoms with van der Waals surface area (Å²) in [5.41, 5.74) is 0.664. The number of carbonyl (C=O) groups excluding carboxylic acids is 3. The SMILES string of the molecule is CCC(C)(C)C(=O)C(=O)N1CCSC1.O=COCCCc1cccnc1. The maximum absolute atomic E-state index is 11.8. The molecule has 1 fully saturated rings. The van der Waals surface area contributed by atoms with Gasteiger partial charge in [-0.2, -0.15) is 0 Å². The van der Waals surface area contributed by atoms with E-state index in [1.165, 1.54) is 5.56 Å². The second-order valence-corrected chi connectivity index (χ2v) is 7.68. The van der Waals surface area contributed by atoms with Crippen molar-refractivity contribution in [3.8, 4) is 0 Å². The van der Waals surface area contributed by atoms with Crippen molar-refractivity contribution >= 4 is 29.9 Å². The van der Waals surface area contributed by atoms with Crippen LogP contribution in [0.4, 0.5) is 0 Å². The Labute approximate surface area is 159 Å². The zero-order chi connectivity index (χ0) is 19.4. The van der Waals surface area contributed by atoms with Crippen LogP contribution in [0.3, 0.4) is 0 Å². The molecule has 1 aromatic rings. The second-order valence-electron chi connectivity index (χ2n) is 6.60. The monoisotopic (exact) mass is 380 g/mol. The highest BCUT2D eigenvalue weighted by Gasteiger charge is 2.35. The van der Waals surface area contributed by atoms with Crippen LogP contribution >= 0.6 is 11.8 Å². The normalized spacial score (nSPS) is 13.6. The van der Waals surface area contributed by atoms with E-state index in [0.717, 1.165) is 25.1 Å². The number of aromatic nitrogens is 1. The Morgan fingerprint density at radius 2 is 2.19 bits per heavy atom. The summed E-state index contributed by atoms with van der Waals surface area (Å²) in [4.78, 5) is 38.9. The molecule has 6 nitrogen and oxygen atoms in total. The lowest BCUT2D eigenvalue weighted by Gasteiger charge is -2.23. The minimum Gasteiger partial charge on any atom is -0.468 e. The minimum atomic E-state index is -0.510. The van der Waals surface area contributed by atoms with E-state index in [4.69, 9.17) is 0 Å². The van der Waals surface area contributed by atoms with Crippen molar-refractivity contribution in [2.75, 3.05) is 24.8 Å². The van der Waals surface area contributed by atoms with Gasteiger partial charge in [0.2, 0.25) is 5.78 Å². The van der Waals surface area contributed by atoms with E-state index in [1.807, 2.05) is 39.1 Å². The van der Waals surface area contributed by atoms with Crippen LogP contribution in [0.15, 0.2) is 24.5 Å². The van der Waals surface area contributed by atoms with Crippen LogP contribution in [-0.4, -0.2) is 52.8 Å². The quantitative estimate of drug-likeness (QED) is 0.392. The number of thioether (sulfide) groups is 1. The summed E-state index contributed by atoms with van der Waals surface area (Å²) in [6.07, 6.45) is 6.02. The Kier molecular flexibility index (Phi) is 9.95. The van der Waals surface area contributed by atoms with Gasteiger partial charge in [-0.3, -0.25) is 19.4 Å². The molecule has 1 saturated heterocycles. The lowest BCUT2D eigenvalue weighted by atomic mass is 9.85. The summed E-state index contributed by atoms with van der Waals surface area (Å²) < 4.78 is 4.55. The zero-order valence-corrected chi connectivity index (χ0v) is 16.6. The molecular weight excluding hydrogens is 352 g/mol. The summed E-state index contributed by atoms with van der Waals surface area (Å²) >= 11 is 1.70. The second kappa shape index (κ2) is 11.7. The molecule has 0 N–H and O–H groups in total. The van der Waals surface area contributed by atoms with Crippen molar-refractivity contribution in [2.24, 2.45) is 5.41 Å². The Balaban J connectivity index is 0.000000263. The van der Waals surface area contributed by atoms with Gasteiger partial charge in [0, 0.05) is 30.1 Å². The van der Waals surface area contributed by atoms with Gasteiger partial charge in [0.15, 0.2) is 0 Å². The molecular formula is C19H28N2O4S. The molecule has 0 radical (unpaired) electrons. The molecule has 1 aliphatic rings. The van der Waals surface area contributed by atoms with Gasteiger partial charge in [0.25, 0.3) is 12.4 Å². The zero-order valence-electron chi connectivity index (χ0n) is 15.8. The van der Waals surface area contributed by atoms with E-state index in [2.05, 4.69) is 9.72 Å². The molecule has 1 aromatic heterocycles. The van der Waals surface area contributed by atoms with Crippen LogP contribution in [-0.2, 0) is 25.5 Å². The highest BCUT2D eigenvalue weighted by molar-refractivity contribution is 7.99. The number of Topliss-reactive ketones (excluding diaryl/α,β-unsaturated/α-hetero) is 1. The first-order valence-corrected chi connectivity index (χ1v) is 9.93. The molecule has 1 amide bonds. The first kappa shape index (κ1) is 22.2. The van der Waals surface area contributed by atoms with E-state index in [0.29, 0.717) is 25.4 Å². The van der Waals surface area contributed by atoms with Gasteiger partial charge in [-0.05, 0) is 30.9 Å². The van der Waals surface area contributed by atoms with Gasteiger partial charge in [-0.15, -0.1) is 11.8 Å². The molecule has 144 valence electrons. The maximum atomic E-state index is 11.8. The number of rotatable bonds is 8. The largest absolute Gasteiger partial charge is 0.468 e. The number of pyridine rings is 1. The van der Waals surface area contributed by atoms with E-state index in [9.17, 15) is 14.4 Å². The van der Waals surface area contributed by atoms with Crippen LogP contribution < -0.4 is 0 Å². The van der Waals surface area contributed by atoms with Gasteiger partial charge < -0.3 is 9.64 Å². The molecule has 0 saturated carbocycles. The van der Waals surface area contributed by atoms with Crippen molar-refractivity contribution in [3.05, 3.63) is 30.1 Å². The molecule has 0 spiro atoms. The number of hydrogen-bond donors (Lipinski definition) is 0. The fraction of sp³-hybridized carbons (Fsp3) is 0.579. The molecule has 0 aromatic carbocycles. The first-order chi connectivity index (χ1) is 12.4. The summed E-state index contributed by atoms with van der Waals surface area (Å²) in [6.45, 7) is 7.27. The van der Waals surface area contributed by atoms with Gasteiger partial charge in [-0.1, -0.05) is 26.8 Å². The number of ketones is 1. The molecule has 0 unspecified atom stereocenters. The lowest BCUT2D eigenvalue weighted by molar-refractivity contribution is -0.148. The summed E-state index contributed by atoms with van der Waals surface area (Å²) in [6, 6.07) is 3.91. The van der Waals surface area contributed by atoms with Gasteiger partial charge in [0.05, 0.1) is 12.5 Å². The molecule has 7 heteroatoms. The molecule has 0 bridgehead atoms. The predicted molar refractivity (Wildman–Crippen MR) is 103 cm³/mol. The molecule has 0 aliphatic carbocycles. The number of nitrogens with zero attached hydrogens (tertiary/aromatic N) is 2. The average Bonchev–Trinajstić information content (AvgIpc) is 3.20. The lowest BCUT2D eigenvalue weighted by Crippen LogP contribution is -2.41. The van der Waals surface area contributed by atoms with Crippen LogP contribution in [0.2, 0.25) is 0 Å². The number of hydrogen-bond acceptors (Lipinski definition) is 6. The average molecular weight is 381 g/mol. The maximum Gasteiger partial charge on any atom is 0.293 e. The van der Waals surface area contributed by atoms with Crippen LogP contribution in [0.5, 0.6) is 0 Å². The predicted octanol–water partition coefficient (Wildman–Crippen LogP) is 2.71. The van der Waals surface area contributed by atoms with Crippen LogP contribution in [0, 0.1) is 5.41 Å². The van der Waals surface area contributed by atoms with Crippen molar-refractivity contribution in [3.63, 3.8) is 0 Å². The topological polar surface area (TPSA) is 76.6 Å². The molecule has 26 heavy (non-hydrogen) atoms. The van der Waals surface area contributed by atoms with Crippen molar-refractivity contribution in [1.82, 2.24) is 9.88 Å². The Hall–Kier alpha value is -1.89. The van der Waals surface area contributed by atoms with E-state index >= 15 is 0 Å². The molecule has 1 aliphatic heterocycles. The highest BCUT2D eigenvalue weighted by Crippen LogP contribution is 2.23. The smallest absolute Gasteiger partial charge is 0.293 e. The Morgan fingerprint density at radius 1 is 1.42 bits per heavy atom. The molecule has 0 atom stereocenters. The van der Waals surface area contributed by atoms with Gasteiger partial charge in [0.1, 0.15) is 0 Å². The fourth-order valence-electron chi connectivity index (χ4n) is 2.12. The van der Waals surface area contributed by atoms with Gasteiger partial charge in [-0.25, -0.2) is 0 Å². The molecule has 2 heterocycles. The van der Waals surface area contributed by atoms with Crippen molar-refractivity contribution in [2.45, 2.75) is 40.0 Å². The van der Waals surface area contributed by atoms with E-state index in [-0.39, 0.29) is 11.7 Å². The number of amides is 1. The van der Waals surface area contributed by atoms with E-state index < -0.39 is 5.41 Å². The third-order valence-corrected chi connectivity index (χ3v) is 5.22. The van der Waals surface area contributed by atoms with Crippen molar-refractivity contribution in [1.29, 1.82) is 0 Å². The third-order valence-electron chi connectivity index (χ3n) is 4.25. The summed E-state index contributed by atoms with van der Waals surface area (Å²) in [7, 11) is 0. The van der Waals surface area contributed by atoms with Gasteiger partial charge >= 0.3 is 0 Å². The summed E-state index contributed by atoms with van der Waals surface area (Å²) in [5, 5.41) is 0. The van der Waals surface area contributed by atoms with Crippen molar-refractivity contribution < 1.29 is 19.1 Å². The minimum absolute atomic E-state index is 0.248. The van der Waals surface area contributed by atoms with Crippen LogP contribution in [0.1, 0.15) is 39.2 Å². The first-order valence-electron chi connectivity index (χ1n) is 8.78. The third kappa shape index (κ3) is 7.56. The summed E-state index contributed by atoms with van der Waals surface area (Å²) in [5.74, 6) is 1.07. The fourth-order valence-corrected chi connectivity index (χ4v) is 3.07. The van der Waals surface area contributed by atoms with E-state index in [1.54, 1.807) is 22.9 Å².